The normalized spacial score (nSPS) is 17.5. The second-order valence-electron chi connectivity index (χ2n) is 5.64. The summed E-state index contributed by atoms with van der Waals surface area (Å²) in [6.07, 6.45) is 7.46. The molecule has 1 aliphatic carbocycles. The number of nitrogens with one attached hydrogen (secondary N) is 1. The number of hydrogen-bond acceptors (Lipinski definition) is 2. The molecule has 0 saturated heterocycles. The minimum absolute atomic E-state index is 0.616. The van der Waals surface area contributed by atoms with Gasteiger partial charge in [0.25, 0.3) is 0 Å². The Morgan fingerprint density at radius 3 is 2.63 bits per heavy atom. The largest absolute Gasteiger partial charge is 0.313 e. The van der Waals surface area contributed by atoms with Gasteiger partial charge in [-0.25, -0.2) is 0 Å². The van der Waals surface area contributed by atoms with Crippen molar-refractivity contribution in [2.45, 2.75) is 58.4 Å². The number of nitrogens with zero attached hydrogens (tertiary/aromatic N) is 2. The third kappa shape index (κ3) is 3.40. The highest BCUT2D eigenvalue weighted by Gasteiger charge is 2.28. The molecule has 0 aromatic carbocycles. The Morgan fingerprint density at radius 2 is 2.16 bits per heavy atom. The molecule has 1 N–H and O–H groups in total. The predicted octanol–water partition coefficient (Wildman–Crippen LogP) is 3.46. The molecule has 1 aliphatic rings. The lowest BCUT2D eigenvalue weighted by Crippen LogP contribution is -2.42. The summed E-state index contributed by atoms with van der Waals surface area (Å²) in [4.78, 5) is 0. The van der Waals surface area contributed by atoms with E-state index < -0.39 is 0 Å². The molecular formula is C15H26BrN3. The summed E-state index contributed by atoms with van der Waals surface area (Å²) in [5.41, 5.74) is 2.53. The van der Waals surface area contributed by atoms with Crippen molar-refractivity contribution in [3.8, 4) is 0 Å². The van der Waals surface area contributed by atoms with Crippen molar-refractivity contribution >= 4 is 15.9 Å². The summed E-state index contributed by atoms with van der Waals surface area (Å²) < 4.78 is 3.28. The van der Waals surface area contributed by atoms with Crippen LogP contribution in [0.3, 0.4) is 0 Å². The first kappa shape index (κ1) is 15.0. The average Bonchev–Trinajstić information content (AvgIpc) is 2.60. The Labute approximate surface area is 125 Å². The van der Waals surface area contributed by atoms with Crippen LogP contribution < -0.4 is 5.32 Å². The van der Waals surface area contributed by atoms with Gasteiger partial charge in [-0.15, -0.1) is 0 Å². The van der Waals surface area contributed by atoms with Crippen molar-refractivity contribution in [1.29, 1.82) is 0 Å². The van der Waals surface area contributed by atoms with Gasteiger partial charge in [0.05, 0.1) is 15.9 Å². The van der Waals surface area contributed by atoms with Crippen molar-refractivity contribution in [2.24, 2.45) is 13.0 Å². The smallest absolute Gasteiger partial charge is 0.0766 e. The fraction of sp³-hybridized carbons (Fsp3) is 0.800. The van der Waals surface area contributed by atoms with Crippen molar-refractivity contribution in [3.63, 3.8) is 0 Å². The lowest BCUT2D eigenvalue weighted by Gasteiger charge is -2.34. The first-order chi connectivity index (χ1) is 9.17. The first-order valence-electron chi connectivity index (χ1n) is 7.61. The molecular weight excluding hydrogens is 302 g/mol. The van der Waals surface area contributed by atoms with Gasteiger partial charge in [0.15, 0.2) is 0 Å². The van der Waals surface area contributed by atoms with Crippen LogP contribution in [0.1, 0.15) is 50.9 Å². The van der Waals surface area contributed by atoms with E-state index in [0.717, 1.165) is 25.3 Å². The minimum atomic E-state index is 0.616. The highest BCUT2D eigenvalue weighted by molar-refractivity contribution is 9.10. The van der Waals surface area contributed by atoms with E-state index in [0.29, 0.717) is 6.04 Å². The van der Waals surface area contributed by atoms with Gasteiger partial charge in [-0.05, 0) is 54.1 Å². The van der Waals surface area contributed by atoms with E-state index in [2.05, 4.69) is 51.9 Å². The molecule has 108 valence electrons. The molecule has 1 aromatic heterocycles. The van der Waals surface area contributed by atoms with Crippen LogP contribution in [-0.4, -0.2) is 22.4 Å². The Hall–Kier alpha value is -0.350. The zero-order valence-corrected chi connectivity index (χ0v) is 14.0. The second kappa shape index (κ2) is 6.89. The van der Waals surface area contributed by atoms with Gasteiger partial charge in [-0.3, -0.25) is 4.68 Å². The molecule has 1 heterocycles. The molecule has 1 saturated carbocycles. The molecule has 19 heavy (non-hydrogen) atoms. The quantitative estimate of drug-likeness (QED) is 0.831. The van der Waals surface area contributed by atoms with Gasteiger partial charge in [0, 0.05) is 19.5 Å². The van der Waals surface area contributed by atoms with Crippen LogP contribution in [0.2, 0.25) is 0 Å². The highest BCUT2D eigenvalue weighted by Crippen LogP contribution is 2.32. The Balaban J connectivity index is 2.09. The van der Waals surface area contributed by atoms with Crippen molar-refractivity contribution in [2.75, 3.05) is 6.54 Å². The molecule has 0 aliphatic heterocycles. The number of aromatic nitrogens is 2. The van der Waals surface area contributed by atoms with E-state index in [1.807, 2.05) is 0 Å². The maximum absolute atomic E-state index is 4.61. The summed E-state index contributed by atoms with van der Waals surface area (Å²) in [6.45, 7) is 5.52. The van der Waals surface area contributed by atoms with E-state index in [9.17, 15) is 0 Å². The highest BCUT2D eigenvalue weighted by atomic mass is 79.9. The monoisotopic (exact) mass is 327 g/mol. The van der Waals surface area contributed by atoms with E-state index in [1.165, 1.54) is 41.5 Å². The zero-order valence-electron chi connectivity index (χ0n) is 12.4. The van der Waals surface area contributed by atoms with Gasteiger partial charge < -0.3 is 5.32 Å². The summed E-state index contributed by atoms with van der Waals surface area (Å²) in [5, 5.41) is 8.35. The molecule has 4 heteroatoms. The fourth-order valence-corrected chi connectivity index (χ4v) is 3.61. The Kier molecular flexibility index (Phi) is 5.46. The lowest BCUT2D eigenvalue weighted by molar-refractivity contribution is 0.225. The van der Waals surface area contributed by atoms with Crippen LogP contribution in [0, 0.1) is 5.92 Å². The molecule has 0 spiro atoms. The number of aryl methyl sites for hydroxylation is 2. The zero-order chi connectivity index (χ0) is 13.8. The molecule has 2 rings (SSSR count). The third-order valence-corrected chi connectivity index (χ3v) is 5.21. The number of hydrogen-bond donors (Lipinski definition) is 1. The Morgan fingerprint density at radius 1 is 1.42 bits per heavy atom. The van der Waals surface area contributed by atoms with Crippen LogP contribution in [0.25, 0.3) is 0 Å². The average molecular weight is 328 g/mol. The molecule has 3 nitrogen and oxygen atoms in total. The maximum atomic E-state index is 4.61. The maximum Gasteiger partial charge on any atom is 0.0766 e. The molecule has 1 unspecified atom stereocenters. The van der Waals surface area contributed by atoms with Crippen LogP contribution in [0.4, 0.5) is 0 Å². The lowest BCUT2D eigenvalue weighted by atomic mass is 9.78. The van der Waals surface area contributed by atoms with Crippen LogP contribution in [0.5, 0.6) is 0 Å². The van der Waals surface area contributed by atoms with Gasteiger partial charge in [0.2, 0.25) is 0 Å². The topological polar surface area (TPSA) is 29.9 Å². The van der Waals surface area contributed by atoms with E-state index in [1.54, 1.807) is 0 Å². The van der Waals surface area contributed by atoms with Crippen LogP contribution >= 0.6 is 15.9 Å². The standard InChI is InChI=1S/C15H26BrN3/c1-4-9-17-13(11-7-6-8-11)10-14-15(16)12(5-2)18-19(14)3/h11,13,17H,4-10H2,1-3H3. The number of halogens is 1. The summed E-state index contributed by atoms with van der Waals surface area (Å²) in [7, 11) is 2.07. The third-order valence-electron chi connectivity index (χ3n) is 4.29. The van der Waals surface area contributed by atoms with Crippen molar-refractivity contribution < 1.29 is 0 Å². The van der Waals surface area contributed by atoms with Gasteiger partial charge in [-0.1, -0.05) is 20.3 Å². The molecule has 0 radical (unpaired) electrons. The first-order valence-corrected chi connectivity index (χ1v) is 8.40. The van der Waals surface area contributed by atoms with Crippen molar-refractivity contribution in [3.05, 3.63) is 15.9 Å². The number of rotatable bonds is 7. The summed E-state index contributed by atoms with van der Waals surface area (Å²) >= 11 is 3.74. The van der Waals surface area contributed by atoms with E-state index in [-0.39, 0.29) is 0 Å². The Bertz CT molecular complexity index is 410. The summed E-state index contributed by atoms with van der Waals surface area (Å²) in [6, 6.07) is 0.616. The van der Waals surface area contributed by atoms with Crippen molar-refractivity contribution in [1.82, 2.24) is 15.1 Å². The molecule has 1 fully saturated rings. The van der Waals surface area contributed by atoms with Crippen LogP contribution in [-0.2, 0) is 19.9 Å². The fourth-order valence-electron chi connectivity index (χ4n) is 2.83. The predicted molar refractivity (Wildman–Crippen MR) is 83.4 cm³/mol. The van der Waals surface area contributed by atoms with E-state index >= 15 is 0 Å². The molecule has 0 bridgehead atoms. The summed E-state index contributed by atoms with van der Waals surface area (Å²) in [5.74, 6) is 0.860. The van der Waals surface area contributed by atoms with E-state index in [4.69, 9.17) is 0 Å². The SMILES string of the molecule is CCCNC(Cc1c(Br)c(CC)nn1C)C1CCC1. The molecule has 1 aromatic rings. The van der Waals surface area contributed by atoms with Gasteiger partial charge in [-0.2, -0.15) is 5.10 Å². The minimum Gasteiger partial charge on any atom is -0.313 e. The van der Waals surface area contributed by atoms with Crippen LogP contribution in [0.15, 0.2) is 4.47 Å². The van der Waals surface area contributed by atoms with Gasteiger partial charge in [0.1, 0.15) is 0 Å². The second-order valence-corrected chi connectivity index (χ2v) is 6.43. The molecule has 0 amide bonds. The van der Waals surface area contributed by atoms with Gasteiger partial charge >= 0.3 is 0 Å². The molecule has 1 atom stereocenters.